The lowest BCUT2D eigenvalue weighted by Crippen LogP contribution is -2.32. The first-order chi connectivity index (χ1) is 13.5. The Bertz CT molecular complexity index is 864. The van der Waals surface area contributed by atoms with E-state index in [2.05, 4.69) is 5.32 Å². The summed E-state index contributed by atoms with van der Waals surface area (Å²) in [6.07, 6.45) is 5.50. The fourth-order valence-corrected chi connectivity index (χ4v) is 4.26. The summed E-state index contributed by atoms with van der Waals surface area (Å²) < 4.78 is 19.9. The molecule has 0 atom stereocenters. The average Bonchev–Trinajstić information content (AvgIpc) is 3.25. The first-order valence-electron chi connectivity index (χ1n) is 9.53. The van der Waals surface area contributed by atoms with Crippen LogP contribution in [-0.4, -0.2) is 24.0 Å². The SMILES string of the molecule is O=C(Nc1cc(N2C(=O)C3=C(CCCC3)C2=O)c(F)cc1Cl)OC1CCCC1. The van der Waals surface area contributed by atoms with Crippen LogP contribution in [0, 0.1) is 5.82 Å². The van der Waals surface area contributed by atoms with Crippen LogP contribution in [0.4, 0.5) is 20.6 Å². The molecule has 0 radical (unpaired) electrons. The van der Waals surface area contributed by atoms with Gasteiger partial charge in [-0.3, -0.25) is 14.9 Å². The Morgan fingerprint density at radius 2 is 1.68 bits per heavy atom. The van der Waals surface area contributed by atoms with Crippen molar-refractivity contribution in [2.45, 2.75) is 57.5 Å². The van der Waals surface area contributed by atoms with Gasteiger partial charge in [0.1, 0.15) is 11.9 Å². The van der Waals surface area contributed by atoms with Crippen molar-refractivity contribution < 1.29 is 23.5 Å². The Hall–Kier alpha value is -2.41. The van der Waals surface area contributed by atoms with Gasteiger partial charge in [0.2, 0.25) is 0 Å². The number of anilines is 2. The van der Waals surface area contributed by atoms with E-state index >= 15 is 0 Å². The number of nitrogens with zero attached hydrogens (tertiary/aromatic N) is 1. The number of hydrogen-bond donors (Lipinski definition) is 1. The van der Waals surface area contributed by atoms with Crippen molar-refractivity contribution in [3.8, 4) is 0 Å². The molecule has 8 heteroatoms. The van der Waals surface area contributed by atoms with E-state index in [-0.39, 0.29) is 22.5 Å². The highest BCUT2D eigenvalue weighted by Crippen LogP contribution is 2.39. The maximum Gasteiger partial charge on any atom is 0.411 e. The normalized spacial score (nSPS) is 20.0. The Kier molecular flexibility index (Phi) is 5.10. The van der Waals surface area contributed by atoms with E-state index in [1.54, 1.807) is 0 Å². The second kappa shape index (κ2) is 7.54. The van der Waals surface area contributed by atoms with Crippen molar-refractivity contribution in [2.24, 2.45) is 0 Å². The highest BCUT2D eigenvalue weighted by molar-refractivity contribution is 6.35. The second-order valence-electron chi connectivity index (χ2n) is 7.33. The molecule has 1 saturated carbocycles. The maximum absolute atomic E-state index is 14.6. The van der Waals surface area contributed by atoms with Gasteiger partial charge in [-0.05, 0) is 63.5 Å². The van der Waals surface area contributed by atoms with Crippen LogP contribution in [-0.2, 0) is 14.3 Å². The minimum Gasteiger partial charge on any atom is -0.446 e. The van der Waals surface area contributed by atoms with Crippen molar-refractivity contribution in [3.05, 3.63) is 34.1 Å². The summed E-state index contributed by atoms with van der Waals surface area (Å²) in [6, 6.07) is 2.20. The Balaban J connectivity index is 1.58. The number of hydrogen-bond acceptors (Lipinski definition) is 4. The van der Waals surface area contributed by atoms with Crippen LogP contribution in [0.1, 0.15) is 51.4 Å². The van der Waals surface area contributed by atoms with Gasteiger partial charge in [-0.25, -0.2) is 14.1 Å². The lowest BCUT2D eigenvalue weighted by Gasteiger charge is -2.19. The van der Waals surface area contributed by atoms with Crippen LogP contribution in [0.3, 0.4) is 0 Å². The molecule has 0 bridgehead atoms. The van der Waals surface area contributed by atoms with Crippen molar-refractivity contribution >= 4 is 40.9 Å². The van der Waals surface area contributed by atoms with Crippen molar-refractivity contribution in [2.75, 3.05) is 10.2 Å². The Morgan fingerprint density at radius 3 is 2.29 bits per heavy atom. The number of imide groups is 1. The highest BCUT2D eigenvalue weighted by atomic mass is 35.5. The molecule has 28 heavy (non-hydrogen) atoms. The molecule has 1 fully saturated rings. The first-order valence-corrected chi connectivity index (χ1v) is 9.91. The molecule has 3 amide bonds. The van der Waals surface area contributed by atoms with E-state index in [1.165, 1.54) is 6.07 Å². The molecule has 148 valence electrons. The summed E-state index contributed by atoms with van der Waals surface area (Å²) in [7, 11) is 0. The van der Waals surface area contributed by atoms with Crippen LogP contribution in [0.5, 0.6) is 0 Å². The zero-order valence-corrected chi connectivity index (χ0v) is 16.0. The molecule has 2 aliphatic carbocycles. The van der Waals surface area contributed by atoms with E-state index in [0.29, 0.717) is 24.0 Å². The van der Waals surface area contributed by atoms with Crippen molar-refractivity contribution in [3.63, 3.8) is 0 Å². The van der Waals surface area contributed by atoms with Gasteiger partial charge in [0.15, 0.2) is 0 Å². The number of carbonyl (C=O) groups is 3. The second-order valence-corrected chi connectivity index (χ2v) is 7.74. The molecule has 1 heterocycles. The lowest BCUT2D eigenvalue weighted by atomic mass is 9.93. The summed E-state index contributed by atoms with van der Waals surface area (Å²) in [6.45, 7) is 0. The molecule has 0 aromatic heterocycles. The fraction of sp³-hybridized carbons (Fsp3) is 0.450. The van der Waals surface area contributed by atoms with Gasteiger partial charge in [0.05, 0.1) is 16.4 Å². The standard InChI is InChI=1S/C20H20ClFN2O4/c21-14-9-15(22)17(10-16(14)23-20(27)28-11-5-1-2-6-11)24-18(25)12-7-3-4-8-13(12)19(24)26/h9-11H,1-8H2,(H,23,27). The summed E-state index contributed by atoms with van der Waals surface area (Å²) in [4.78, 5) is 38.3. The zero-order valence-electron chi connectivity index (χ0n) is 15.2. The molecule has 3 aliphatic rings. The Morgan fingerprint density at radius 1 is 1.07 bits per heavy atom. The number of benzene rings is 1. The zero-order chi connectivity index (χ0) is 19.8. The molecule has 1 N–H and O–H groups in total. The van der Waals surface area contributed by atoms with Gasteiger partial charge >= 0.3 is 6.09 Å². The van der Waals surface area contributed by atoms with E-state index in [1.807, 2.05) is 0 Å². The van der Waals surface area contributed by atoms with E-state index < -0.39 is 23.7 Å². The summed E-state index contributed by atoms with van der Waals surface area (Å²) in [5, 5.41) is 2.46. The van der Waals surface area contributed by atoms with Crippen molar-refractivity contribution in [1.29, 1.82) is 0 Å². The van der Waals surface area contributed by atoms with Gasteiger partial charge in [-0.15, -0.1) is 0 Å². The topological polar surface area (TPSA) is 75.7 Å². The van der Waals surface area contributed by atoms with Crippen LogP contribution in [0.15, 0.2) is 23.3 Å². The third kappa shape index (κ3) is 3.39. The van der Waals surface area contributed by atoms with Crippen LogP contribution in [0.25, 0.3) is 0 Å². The summed E-state index contributed by atoms with van der Waals surface area (Å²) >= 11 is 6.05. The van der Waals surface area contributed by atoms with Crippen molar-refractivity contribution in [1.82, 2.24) is 0 Å². The van der Waals surface area contributed by atoms with Gasteiger partial charge in [0, 0.05) is 11.1 Å². The molecule has 0 spiro atoms. The molecule has 0 saturated heterocycles. The maximum atomic E-state index is 14.6. The van der Waals surface area contributed by atoms with Gasteiger partial charge in [-0.1, -0.05) is 11.6 Å². The average molecular weight is 407 g/mol. The number of nitrogens with one attached hydrogen (secondary N) is 1. The van der Waals surface area contributed by atoms with E-state index in [9.17, 15) is 18.8 Å². The van der Waals surface area contributed by atoms with E-state index in [4.69, 9.17) is 16.3 Å². The first kappa shape index (κ1) is 18.9. The number of amides is 3. The quantitative estimate of drug-likeness (QED) is 0.737. The predicted molar refractivity (Wildman–Crippen MR) is 102 cm³/mol. The van der Waals surface area contributed by atoms with Crippen LogP contribution >= 0.6 is 11.6 Å². The number of carbonyl (C=O) groups excluding carboxylic acids is 3. The molecule has 1 aliphatic heterocycles. The molecule has 1 aromatic carbocycles. The van der Waals surface area contributed by atoms with Gasteiger partial charge in [-0.2, -0.15) is 0 Å². The molecular weight excluding hydrogens is 387 g/mol. The lowest BCUT2D eigenvalue weighted by molar-refractivity contribution is -0.120. The van der Waals surface area contributed by atoms with Gasteiger partial charge < -0.3 is 4.74 Å². The third-order valence-electron chi connectivity index (χ3n) is 5.48. The molecular formula is C20H20ClFN2O4. The summed E-state index contributed by atoms with van der Waals surface area (Å²) in [5.74, 6) is -1.80. The molecule has 4 rings (SSSR count). The van der Waals surface area contributed by atoms with E-state index in [0.717, 1.165) is 49.5 Å². The summed E-state index contributed by atoms with van der Waals surface area (Å²) in [5.41, 5.74) is 0.790. The minimum atomic E-state index is -0.804. The third-order valence-corrected chi connectivity index (χ3v) is 5.79. The molecule has 6 nitrogen and oxygen atoms in total. The predicted octanol–water partition coefficient (Wildman–Crippen LogP) is 4.71. The number of halogens is 2. The van der Waals surface area contributed by atoms with Gasteiger partial charge in [0.25, 0.3) is 11.8 Å². The monoisotopic (exact) mass is 406 g/mol. The highest BCUT2D eigenvalue weighted by Gasteiger charge is 2.41. The smallest absolute Gasteiger partial charge is 0.411 e. The van der Waals surface area contributed by atoms with Crippen LogP contribution < -0.4 is 10.2 Å². The minimum absolute atomic E-state index is 0.0403. The fourth-order valence-electron chi connectivity index (χ4n) is 4.06. The Labute approximate surface area is 166 Å². The molecule has 0 unspecified atom stereocenters. The largest absolute Gasteiger partial charge is 0.446 e. The number of rotatable bonds is 3. The van der Waals surface area contributed by atoms with Crippen LogP contribution in [0.2, 0.25) is 5.02 Å². The molecule has 1 aromatic rings. The number of ether oxygens (including phenoxy) is 1.